The van der Waals surface area contributed by atoms with Gasteiger partial charge in [0.2, 0.25) is 0 Å². The average Bonchev–Trinajstić information content (AvgIpc) is 2.49. The Bertz CT molecular complexity index is 602. The van der Waals surface area contributed by atoms with Crippen LogP contribution in [0.1, 0.15) is 12.5 Å². The normalized spacial score (nSPS) is 10.3. The Morgan fingerprint density at radius 1 is 1.20 bits per heavy atom. The molecular formula is C15H15BrN2O2. The van der Waals surface area contributed by atoms with Crippen LogP contribution in [-0.2, 0) is 5.33 Å². The first-order valence-corrected chi connectivity index (χ1v) is 7.45. The molecule has 20 heavy (non-hydrogen) atoms. The van der Waals surface area contributed by atoms with Crippen LogP contribution in [0, 0.1) is 10.1 Å². The second-order valence-corrected chi connectivity index (χ2v) is 4.85. The van der Waals surface area contributed by atoms with Crippen LogP contribution in [0.5, 0.6) is 0 Å². The van der Waals surface area contributed by atoms with Gasteiger partial charge in [-0.2, -0.15) is 0 Å². The predicted octanol–water partition coefficient (Wildman–Crippen LogP) is 4.65. The van der Waals surface area contributed by atoms with E-state index >= 15 is 0 Å². The van der Waals surface area contributed by atoms with E-state index in [0.29, 0.717) is 17.6 Å². The molecule has 0 aromatic heterocycles. The lowest BCUT2D eigenvalue weighted by Gasteiger charge is -2.23. The molecule has 2 rings (SSSR count). The van der Waals surface area contributed by atoms with Gasteiger partial charge >= 0.3 is 0 Å². The first-order valence-electron chi connectivity index (χ1n) is 6.33. The molecule has 104 valence electrons. The van der Waals surface area contributed by atoms with Gasteiger partial charge in [-0.1, -0.05) is 40.2 Å². The van der Waals surface area contributed by atoms with Gasteiger partial charge in [0.15, 0.2) is 0 Å². The standard InChI is InChI=1S/C15H15BrN2O2/c1-2-17(13-6-4-3-5-7-13)14-9-8-12(11-16)10-15(14)18(19)20/h3-10H,2,11H2,1H3. The van der Waals surface area contributed by atoms with Crippen molar-refractivity contribution in [2.45, 2.75) is 12.3 Å². The summed E-state index contributed by atoms with van der Waals surface area (Å²) in [6.07, 6.45) is 0. The molecule has 4 nitrogen and oxygen atoms in total. The summed E-state index contributed by atoms with van der Waals surface area (Å²) >= 11 is 3.33. The summed E-state index contributed by atoms with van der Waals surface area (Å²) in [5.74, 6) is 0. The van der Waals surface area contributed by atoms with E-state index in [1.165, 1.54) is 0 Å². The van der Waals surface area contributed by atoms with Gasteiger partial charge in [-0.15, -0.1) is 0 Å². The number of rotatable bonds is 5. The molecular weight excluding hydrogens is 320 g/mol. The number of hydrogen-bond acceptors (Lipinski definition) is 3. The lowest BCUT2D eigenvalue weighted by molar-refractivity contribution is -0.384. The summed E-state index contributed by atoms with van der Waals surface area (Å²) in [6, 6.07) is 15.0. The van der Waals surface area contributed by atoms with Gasteiger partial charge in [0, 0.05) is 23.6 Å². The van der Waals surface area contributed by atoms with Crippen molar-refractivity contribution >= 4 is 33.0 Å². The third-order valence-corrected chi connectivity index (χ3v) is 3.71. The van der Waals surface area contributed by atoms with Crippen molar-refractivity contribution in [2.75, 3.05) is 11.4 Å². The van der Waals surface area contributed by atoms with Crippen molar-refractivity contribution in [2.24, 2.45) is 0 Å². The number of anilines is 2. The van der Waals surface area contributed by atoms with E-state index in [1.54, 1.807) is 6.07 Å². The highest BCUT2D eigenvalue weighted by molar-refractivity contribution is 9.08. The summed E-state index contributed by atoms with van der Waals surface area (Å²) in [4.78, 5) is 12.9. The fourth-order valence-electron chi connectivity index (χ4n) is 2.13. The summed E-state index contributed by atoms with van der Waals surface area (Å²) < 4.78 is 0. The van der Waals surface area contributed by atoms with Crippen LogP contribution in [0.25, 0.3) is 0 Å². The van der Waals surface area contributed by atoms with E-state index in [0.717, 1.165) is 11.3 Å². The van der Waals surface area contributed by atoms with Crippen LogP contribution >= 0.6 is 15.9 Å². The average molecular weight is 335 g/mol. The van der Waals surface area contributed by atoms with E-state index < -0.39 is 0 Å². The van der Waals surface area contributed by atoms with Crippen molar-refractivity contribution in [1.29, 1.82) is 0 Å². The molecule has 0 aliphatic rings. The van der Waals surface area contributed by atoms with E-state index in [1.807, 2.05) is 54.3 Å². The number of nitro benzene ring substituents is 1. The van der Waals surface area contributed by atoms with Crippen LogP contribution in [0.3, 0.4) is 0 Å². The van der Waals surface area contributed by atoms with Gasteiger partial charge in [0.05, 0.1) is 4.92 Å². The lowest BCUT2D eigenvalue weighted by Crippen LogP contribution is -2.17. The molecule has 0 radical (unpaired) electrons. The van der Waals surface area contributed by atoms with Gasteiger partial charge in [0.25, 0.3) is 5.69 Å². The second kappa shape index (κ2) is 6.52. The summed E-state index contributed by atoms with van der Waals surface area (Å²) in [5, 5.41) is 11.9. The van der Waals surface area contributed by atoms with E-state index in [4.69, 9.17) is 0 Å². The zero-order chi connectivity index (χ0) is 14.5. The Kier molecular flexibility index (Phi) is 4.74. The molecule has 0 heterocycles. The zero-order valence-corrected chi connectivity index (χ0v) is 12.7. The molecule has 0 amide bonds. The first-order chi connectivity index (χ1) is 9.67. The minimum Gasteiger partial charge on any atom is -0.336 e. The fraction of sp³-hybridized carbons (Fsp3) is 0.200. The van der Waals surface area contributed by atoms with Crippen molar-refractivity contribution < 1.29 is 4.92 Å². The maximum absolute atomic E-state index is 11.3. The third kappa shape index (κ3) is 2.99. The largest absolute Gasteiger partial charge is 0.336 e. The smallest absolute Gasteiger partial charge is 0.293 e. The lowest BCUT2D eigenvalue weighted by atomic mass is 10.1. The van der Waals surface area contributed by atoms with Crippen LogP contribution in [0.2, 0.25) is 0 Å². The van der Waals surface area contributed by atoms with Gasteiger partial charge in [-0.25, -0.2) is 0 Å². The molecule has 0 N–H and O–H groups in total. The van der Waals surface area contributed by atoms with Crippen molar-refractivity contribution in [1.82, 2.24) is 0 Å². The molecule has 0 saturated carbocycles. The van der Waals surface area contributed by atoms with Crippen LogP contribution in [-0.4, -0.2) is 11.5 Å². The zero-order valence-electron chi connectivity index (χ0n) is 11.1. The topological polar surface area (TPSA) is 46.4 Å². The SMILES string of the molecule is CCN(c1ccccc1)c1ccc(CBr)cc1[N+](=O)[O-]. The number of halogens is 1. The monoisotopic (exact) mass is 334 g/mol. The molecule has 0 saturated heterocycles. The van der Waals surface area contributed by atoms with Crippen molar-refractivity contribution in [3.05, 3.63) is 64.2 Å². The highest BCUT2D eigenvalue weighted by atomic mass is 79.9. The number of hydrogen-bond donors (Lipinski definition) is 0. The fourth-order valence-corrected chi connectivity index (χ4v) is 2.48. The molecule has 0 spiro atoms. The van der Waals surface area contributed by atoms with E-state index in [-0.39, 0.29) is 10.6 Å². The first kappa shape index (κ1) is 14.5. The van der Waals surface area contributed by atoms with Crippen molar-refractivity contribution in [3.8, 4) is 0 Å². The Morgan fingerprint density at radius 3 is 2.45 bits per heavy atom. The number of alkyl halides is 1. The minimum absolute atomic E-state index is 0.132. The molecule has 0 aliphatic heterocycles. The molecule has 0 atom stereocenters. The van der Waals surface area contributed by atoms with Crippen molar-refractivity contribution in [3.63, 3.8) is 0 Å². The van der Waals surface area contributed by atoms with Gasteiger partial charge in [-0.3, -0.25) is 10.1 Å². The minimum atomic E-state index is -0.326. The van der Waals surface area contributed by atoms with Crippen LogP contribution in [0.4, 0.5) is 17.1 Å². The number of nitrogens with zero attached hydrogens (tertiary/aromatic N) is 2. The second-order valence-electron chi connectivity index (χ2n) is 4.29. The molecule has 0 bridgehead atoms. The van der Waals surface area contributed by atoms with E-state index in [9.17, 15) is 10.1 Å². The van der Waals surface area contributed by atoms with Crippen LogP contribution in [0.15, 0.2) is 48.5 Å². The Balaban J connectivity index is 2.52. The Morgan fingerprint density at radius 2 is 1.90 bits per heavy atom. The molecule has 2 aromatic rings. The van der Waals surface area contributed by atoms with Gasteiger partial charge in [0.1, 0.15) is 5.69 Å². The quantitative estimate of drug-likeness (QED) is 0.454. The molecule has 5 heteroatoms. The van der Waals surface area contributed by atoms with Gasteiger partial charge in [-0.05, 0) is 30.7 Å². The number of benzene rings is 2. The van der Waals surface area contributed by atoms with E-state index in [2.05, 4.69) is 15.9 Å². The number of nitro groups is 1. The highest BCUT2D eigenvalue weighted by Gasteiger charge is 2.20. The van der Waals surface area contributed by atoms with Crippen LogP contribution < -0.4 is 4.90 Å². The molecule has 0 fully saturated rings. The highest BCUT2D eigenvalue weighted by Crippen LogP contribution is 2.34. The molecule has 0 aliphatic carbocycles. The maximum Gasteiger partial charge on any atom is 0.293 e. The molecule has 0 unspecified atom stereocenters. The summed E-state index contributed by atoms with van der Waals surface area (Å²) in [5.41, 5.74) is 2.59. The van der Waals surface area contributed by atoms with Gasteiger partial charge < -0.3 is 4.90 Å². The predicted molar refractivity (Wildman–Crippen MR) is 84.8 cm³/mol. The molecule has 2 aromatic carbocycles. The summed E-state index contributed by atoms with van der Waals surface area (Å²) in [7, 11) is 0. The third-order valence-electron chi connectivity index (χ3n) is 3.07. The number of para-hydroxylation sites is 1. The Labute approximate surface area is 126 Å². The summed E-state index contributed by atoms with van der Waals surface area (Å²) in [6.45, 7) is 2.65. The Hall–Kier alpha value is -1.88. The maximum atomic E-state index is 11.3.